The van der Waals surface area contributed by atoms with E-state index in [1.807, 2.05) is 0 Å². The normalized spacial score (nSPS) is 16.1. The predicted molar refractivity (Wildman–Crippen MR) is 57.5 cm³/mol. The summed E-state index contributed by atoms with van der Waals surface area (Å²) in [4.78, 5) is 13.0. The Morgan fingerprint density at radius 3 is 3.00 bits per heavy atom. The third-order valence-electron chi connectivity index (χ3n) is 2.63. The van der Waals surface area contributed by atoms with Crippen LogP contribution in [0.3, 0.4) is 0 Å². The van der Waals surface area contributed by atoms with Crippen LogP contribution in [0.5, 0.6) is 0 Å². The molecule has 0 saturated carbocycles. The number of hydrogen-bond acceptors (Lipinski definition) is 3. The monoisotopic (exact) mass is 224 g/mol. The van der Waals surface area contributed by atoms with E-state index >= 15 is 0 Å². The van der Waals surface area contributed by atoms with Gasteiger partial charge in [-0.2, -0.15) is 0 Å². The SMILES string of the molecule is O=C1CN(c2cccc(F)c2CO)CCN1. The van der Waals surface area contributed by atoms with E-state index in [4.69, 9.17) is 5.11 Å². The summed E-state index contributed by atoms with van der Waals surface area (Å²) in [5, 5.41) is 11.8. The maximum atomic E-state index is 13.4. The van der Waals surface area contributed by atoms with Crippen LogP contribution in [-0.2, 0) is 11.4 Å². The molecule has 1 fully saturated rings. The summed E-state index contributed by atoms with van der Waals surface area (Å²) in [6.45, 7) is 1.01. The number of carbonyl (C=O) groups excluding carboxylic acids is 1. The van der Waals surface area contributed by atoms with Crippen molar-refractivity contribution in [2.45, 2.75) is 6.61 Å². The van der Waals surface area contributed by atoms with Crippen molar-refractivity contribution in [1.29, 1.82) is 0 Å². The highest BCUT2D eigenvalue weighted by atomic mass is 19.1. The van der Waals surface area contributed by atoms with Crippen LogP contribution in [0.4, 0.5) is 10.1 Å². The van der Waals surface area contributed by atoms with Crippen LogP contribution in [0.2, 0.25) is 0 Å². The highest BCUT2D eigenvalue weighted by molar-refractivity contribution is 5.83. The van der Waals surface area contributed by atoms with Crippen LogP contribution in [0.15, 0.2) is 18.2 Å². The van der Waals surface area contributed by atoms with Gasteiger partial charge in [-0.3, -0.25) is 4.79 Å². The summed E-state index contributed by atoms with van der Waals surface area (Å²) in [5.74, 6) is -0.523. The van der Waals surface area contributed by atoms with Crippen molar-refractivity contribution in [2.75, 3.05) is 24.5 Å². The number of nitrogens with one attached hydrogen (secondary N) is 1. The molecule has 1 aliphatic heterocycles. The Labute approximate surface area is 92.7 Å². The lowest BCUT2D eigenvalue weighted by atomic mass is 10.1. The van der Waals surface area contributed by atoms with E-state index in [1.165, 1.54) is 6.07 Å². The number of halogens is 1. The van der Waals surface area contributed by atoms with Gasteiger partial charge >= 0.3 is 0 Å². The Balaban J connectivity index is 2.31. The molecule has 0 bridgehead atoms. The largest absolute Gasteiger partial charge is 0.391 e. The van der Waals surface area contributed by atoms with E-state index < -0.39 is 5.82 Å². The Morgan fingerprint density at radius 2 is 2.31 bits per heavy atom. The standard InChI is InChI=1S/C11H13FN2O2/c12-9-2-1-3-10(8(9)7-15)14-5-4-13-11(16)6-14/h1-3,15H,4-7H2,(H,13,16). The fourth-order valence-electron chi connectivity index (χ4n) is 1.84. The van der Waals surface area contributed by atoms with Crippen molar-refractivity contribution in [1.82, 2.24) is 5.32 Å². The quantitative estimate of drug-likeness (QED) is 0.757. The molecule has 1 aliphatic rings. The molecule has 2 N–H and O–H groups in total. The molecule has 1 saturated heterocycles. The first-order valence-electron chi connectivity index (χ1n) is 5.12. The molecular weight excluding hydrogens is 211 g/mol. The Kier molecular flexibility index (Phi) is 3.05. The minimum absolute atomic E-state index is 0.0839. The zero-order valence-electron chi connectivity index (χ0n) is 8.74. The maximum Gasteiger partial charge on any atom is 0.239 e. The number of rotatable bonds is 2. The Morgan fingerprint density at radius 1 is 1.50 bits per heavy atom. The molecule has 0 atom stereocenters. The van der Waals surface area contributed by atoms with Crippen LogP contribution < -0.4 is 10.2 Å². The van der Waals surface area contributed by atoms with E-state index in [1.54, 1.807) is 17.0 Å². The number of hydrogen-bond donors (Lipinski definition) is 2. The van der Waals surface area contributed by atoms with E-state index in [0.29, 0.717) is 18.8 Å². The third kappa shape index (κ3) is 1.99. The van der Waals surface area contributed by atoms with Crippen LogP contribution in [0.25, 0.3) is 0 Å². The molecule has 0 unspecified atom stereocenters. The van der Waals surface area contributed by atoms with Crippen molar-refractivity contribution in [3.05, 3.63) is 29.6 Å². The van der Waals surface area contributed by atoms with Crippen molar-refractivity contribution in [3.63, 3.8) is 0 Å². The zero-order valence-corrected chi connectivity index (χ0v) is 8.74. The molecule has 0 radical (unpaired) electrons. The van der Waals surface area contributed by atoms with Gasteiger partial charge in [-0.15, -0.1) is 0 Å². The maximum absolute atomic E-state index is 13.4. The minimum atomic E-state index is -0.439. The number of piperazine rings is 1. The molecule has 1 amide bonds. The first-order valence-corrected chi connectivity index (χ1v) is 5.12. The average Bonchev–Trinajstić information content (AvgIpc) is 2.28. The van der Waals surface area contributed by atoms with Crippen LogP contribution >= 0.6 is 0 Å². The molecular formula is C11H13FN2O2. The van der Waals surface area contributed by atoms with Crippen LogP contribution in [0.1, 0.15) is 5.56 Å². The molecule has 16 heavy (non-hydrogen) atoms. The second kappa shape index (κ2) is 4.49. The van der Waals surface area contributed by atoms with Crippen molar-refractivity contribution in [3.8, 4) is 0 Å². The van der Waals surface area contributed by atoms with Gasteiger partial charge in [0.05, 0.1) is 13.2 Å². The van der Waals surface area contributed by atoms with Crippen molar-refractivity contribution >= 4 is 11.6 Å². The Bertz CT molecular complexity index is 409. The van der Waals surface area contributed by atoms with E-state index in [2.05, 4.69) is 5.32 Å². The third-order valence-corrected chi connectivity index (χ3v) is 2.63. The molecule has 0 aliphatic carbocycles. The molecule has 5 heteroatoms. The van der Waals surface area contributed by atoms with Gasteiger partial charge in [0, 0.05) is 24.3 Å². The molecule has 1 aromatic carbocycles. The van der Waals surface area contributed by atoms with Crippen LogP contribution in [-0.4, -0.2) is 30.6 Å². The van der Waals surface area contributed by atoms with E-state index in [0.717, 1.165) is 0 Å². The number of anilines is 1. The van der Waals surface area contributed by atoms with Gasteiger partial charge in [0.2, 0.25) is 5.91 Å². The number of benzene rings is 1. The molecule has 1 aromatic rings. The molecule has 86 valence electrons. The van der Waals surface area contributed by atoms with Gasteiger partial charge in [-0.05, 0) is 12.1 Å². The first kappa shape index (κ1) is 10.9. The number of aliphatic hydroxyl groups is 1. The number of carbonyl (C=O) groups is 1. The van der Waals surface area contributed by atoms with Gasteiger partial charge in [-0.25, -0.2) is 4.39 Å². The summed E-state index contributed by atoms with van der Waals surface area (Å²) >= 11 is 0. The van der Waals surface area contributed by atoms with Gasteiger partial charge < -0.3 is 15.3 Å². The van der Waals surface area contributed by atoms with Gasteiger partial charge in [-0.1, -0.05) is 6.07 Å². The van der Waals surface area contributed by atoms with Gasteiger partial charge in [0.1, 0.15) is 5.82 Å². The zero-order chi connectivity index (χ0) is 11.5. The number of amides is 1. The minimum Gasteiger partial charge on any atom is -0.391 e. The summed E-state index contributed by atoms with van der Waals surface area (Å²) in [6, 6.07) is 4.60. The summed E-state index contributed by atoms with van der Waals surface area (Å²) in [7, 11) is 0. The fraction of sp³-hybridized carbons (Fsp3) is 0.364. The summed E-state index contributed by atoms with van der Waals surface area (Å²) < 4.78 is 13.4. The fourth-order valence-corrected chi connectivity index (χ4v) is 1.84. The lowest BCUT2D eigenvalue weighted by molar-refractivity contribution is -0.120. The molecule has 4 nitrogen and oxygen atoms in total. The molecule has 0 aromatic heterocycles. The van der Waals surface area contributed by atoms with Gasteiger partial charge in [0.25, 0.3) is 0 Å². The number of aliphatic hydroxyl groups excluding tert-OH is 1. The molecule has 1 heterocycles. The topological polar surface area (TPSA) is 52.6 Å². The lowest BCUT2D eigenvalue weighted by Gasteiger charge is -2.30. The van der Waals surface area contributed by atoms with Crippen molar-refractivity contribution < 1.29 is 14.3 Å². The smallest absolute Gasteiger partial charge is 0.239 e. The van der Waals surface area contributed by atoms with E-state index in [9.17, 15) is 9.18 Å². The van der Waals surface area contributed by atoms with Gasteiger partial charge in [0.15, 0.2) is 0 Å². The molecule has 0 spiro atoms. The predicted octanol–water partition coefficient (Wildman–Crippen LogP) is 0.254. The van der Waals surface area contributed by atoms with Crippen molar-refractivity contribution in [2.24, 2.45) is 0 Å². The Hall–Kier alpha value is -1.62. The molecule has 2 rings (SSSR count). The highest BCUT2D eigenvalue weighted by Gasteiger charge is 2.19. The second-order valence-electron chi connectivity index (χ2n) is 3.67. The lowest BCUT2D eigenvalue weighted by Crippen LogP contribution is -2.48. The number of nitrogens with zero attached hydrogens (tertiary/aromatic N) is 1. The highest BCUT2D eigenvalue weighted by Crippen LogP contribution is 2.23. The van der Waals surface area contributed by atoms with E-state index in [-0.39, 0.29) is 24.6 Å². The summed E-state index contributed by atoms with van der Waals surface area (Å²) in [5.41, 5.74) is 0.842. The first-order chi connectivity index (χ1) is 7.72. The average molecular weight is 224 g/mol. The second-order valence-corrected chi connectivity index (χ2v) is 3.67. The van der Waals surface area contributed by atoms with Crippen LogP contribution in [0, 0.1) is 5.82 Å². The summed E-state index contributed by atoms with van der Waals surface area (Å²) in [6.07, 6.45) is 0.